The zero-order valence-corrected chi connectivity index (χ0v) is 17.3. The van der Waals surface area contributed by atoms with E-state index in [4.69, 9.17) is 4.74 Å². The van der Waals surface area contributed by atoms with Crippen molar-refractivity contribution < 1.29 is 17.9 Å². The fourth-order valence-corrected chi connectivity index (χ4v) is 4.11. The van der Waals surface area contributed by atoms with Crippen molar-refractivity contribution in [2.75, 3.05) is 39.3 Å². The van der Waals surface area contributed by atoms with Gasteiger partial charge in [0.1, 0.15) is 5.75 Å². The quantitative estimate of drug-likeness (QED) is 0.690. The Morgan fingerprint density at radius 2 is 1.72 bits per heavy atom. The van der Waals surface area contributed by atoms with Gasteiger partial charge in [-0.2, -0.15) is 0 Å². The van der Waals surface area contributed by atoms with Crippen LogP contribution in [0.1, 0.15) is 12.5 Å². The van der Waals surface area contributed by atoms with Crippen LogP contribution in [-0.2, 0) is 21.4 Å². The van der Waals surface area contributed by atoms with E-state index in [1.54, 1.807) is 29.4 Å². The van der Waals surface area contributed by atoms with Crippen LogP contribution in [0.25, 0.3) is 0 Å². The summed E-state index contributed by atoms with van der Waals surface area (Å²) in [5.41, 5.74) is 1.18. The molecule has 0 unspecified atom stereocenters. The molecule has 2 heterocycles. The van der Waals surface area contributed by atoms with Gasteiger partial charge in [-0.15, -0.1) is 0 Å². The van der Waals surface area contributed by atoms with Gasteiger partial charge in [-0.05, 0) is 48.9 Å². The fourth-order valence-electron chi connectivity index (χ4n) is 3.14. The van der Waals surface area contributed by atoms with E-state index in [-0.39, 0.29) is 17.3 Å². The summed E-state index contributed by atoms with van der Waals surface area (Å²) < 4.78 is 32.5. The maximum absolute atomic E-state index is 12.4. The van der Waals surface area contributed by atoms with Gasteiger partial charge < -0.3 is 9.64 Å². The number of carbonyl (C=O) groups excluding carboxylic acids is 1. The van der Waals surface area contributed by atoms with E-state index < -0.39 is 10.0 Å². The van der Waals surface area contributed by atoms with Crippen LogP contribution >= 0.6 is 0 Å². The molecule has 1 saturated heterocycles. The lowest BCUT2D eigenvalue weighted by Crippen LogP contribution is -2.50. The van der Waals surface area contributed by atoms with Crippen LogP contribution < -0.4 is 9.46 Å². The molecule has 1 amide bonds. The maximum Gasteiger partial charge on any atom is 0.241 e. The third kappa shape index (κ3) is 5.99. The Kier molecular flexibility index (Phi) is 7.18. The number of carbonyl (C=O) groups is 1. The van der Waals surface area contributed by atoms with Gasteiger partial charge in [0.05, 0.1) is 18.0 Å². The van der Waals surface area contributed by atoms with E-state index in [9.17, 15) is 13.2 Å². The number of aromatic nitrogens is 1. The molecule has 3 rings (SSSR count). The molecule has 0 spiro atoms. The monoisotopic (exact) mass is 418 g/mol. The zero-order chi connectivity index (χ0) is 20.7. The highest BCUT2D eigenvalue weighted by Crippen LogP contribution is 2.16. The Morgan fingerprint density at radius 1 is 1.07 bits per heavy atom. The second-order valence-electron chi connectivity index (χ2n) is 6.74. The molecular weight excluding hydrogens is 392 g/mol. The molecule has 1 aromatic carbocycles. The number of nitrogens with zero attached hydrogens (tertiary/aromatic N) is 3. The van der Waals surface area contributed by atoms with E-state index in [1.165, 1.54) is 17.7 Å². The zero-order valence-electron chi connectivity index (χ0n) is 16.5. The number of pyridine rings is 1. The van der Waals surface area contributed by atoms with Crippen molar-refractivity contribution in [3.8, 4) is 5.75 Å². The topological polar surface area (TPSA) is 91.8 Å². The number of rotatable bonds is 8. The standard InChI is InChI=1S/C20H26N4O4S/c1-2-28-18-3-5-19(6-4-18)29(26,27)22-15-20(25)24-13-11-23(12-14-24)16-17-7-9-21-10-8-17/h3-10,22H,2,11-16H2,1H3. The normalized spacial score (nSPS) is 15.3. The number of benzene rings is 1. The second kappa shape index (κ2) is 9.82. The van der Waals surface area contributed by atoms with Gasteiger partial charge in [0.15, 0.2) is 0 Å². The number of amides is 1. The Labute approximate surface area is 171 Å². The number of ether oxygens (including phenoxy) is 1. The molecule has 0 radical (unpaired) electrons. The van der Waals surface area contributed by atoms with Crippen molar-refractivity contribution in [1.82, 2.24) is 19.5 Å². The SMILES string of the molecule is CCOc1ccc(S(=O)(=O)NCC(=O)N2CCN(Cc3ccncc3)CC2)cc1. The van der Waals surface area contributed by atoms with Crippen LogP contribution in [0.4, 0.5) is 0 Å². The molecule has 29 heavy (non-hydrogen) atoms. The average molecular weight is 419 g/mol. The fraction of sp³-hybridized carbons (Fsp3) is 0.400. The number of hydrogen-bond donors (Lipinski definition) is 1. The Morgan fingerprint density at radius 3 is 2.34 bits per heavy atom. The first-order valence-corrected chi connectivity index (χ1v) is 11.1. The Bertz CT molecular complexity index is 896. The van der Waals surface area contributed by atoms with Crippen LogP contribution in [0, 0.1) is 0 Å². The highest BCUT2D eigenvalue weighted by Gasteiger charge is 2.23. The predicted molar refractivity (Wildman–Crippen MR) is 109 cm³/mol. The van der Waals surface area contributed by atoms with Crippen molar-refractivity contribution in [2.45, 2.75) is 18.4 Å². The molecule has 0 saturated carbocycles. The van der Waals surface area contributed by atoms with Gasteiger partial charge >= 0.3 is 0 Å². The summed E-state index contributed by atoms with van der Waals surface area (Å²) in [7, 11) is -3.75. The molecule has 0 aliphatic carbocycles. The Hall–Kier alpha value is -2.49. The molecule has 1 N–H and O–H groups in total. The first-order valence-electron chi connectivity index (χ1n) is 9.59. The first kappa shape index (κ1) is 21.2. The van der Waals surface area contributed by atoms with E-state index in [0.29, 0.717) is 25.4 Å². The smallest absolute Gasteiger partial charge is 0.241 e. The minimum Gasteiger partial charge on any atom is -0.494 e. The van der Waals surface area contributed by atoms with Crippen molar-refractivity contribution in [3.63, 3.8) is 0 Å². The molecule has 0 bridgehead atoms. The number of sulfonamides is 1. The summed E-state index contributed by atoms with van der Waals surface area (Å²) >= 11 is 0. The molecule has 9 heteroatoms. The van der Waals surface area contributed by atoms with Crippen molar-refractivity contribution in [2.24, 2.45) is 0 Å². The number of hydrogen-bond acceptors (Lipinski definition) is 6. The number of piperazine rings is 1. The van der Waals surface area contributed by atoms with Gasteiger partial charge in [-0.3, -0.25) is 14.7 Å². The second-order valence-corrected chi connectivity index (χ2v) is 8.51. The third-order valence-electron chi connectivity index (χ3n) is 4.74. The molecule has 1 aromatic heterocycles. The summed E-state index contributed by atoms with van der Waals surface area (Å²) in [4.78, 5) is 20.5. The lowest BCUT2D eigenvalue weighted by molar-refractivity contribution is -0.131. The average Bonchev–Trinajstić information content (AvgIpc) is 2.74. The summed E-state index contributed by atoms with van der Waals surface area (Å²) in [6, 6.07) is 10.1. The van der Waals surface area contributed by atoms with Crippen LogP contribution in [0.15, 0.2) is 53.7 Å². The highest BCUT2D eigenvalue weighted by atomic mass is 32.2. The highest BCUT2D eigenvalue weighted by molar-refractivity contribution is 7.89. The summed E-state index contributed by atoms with van der Waals surface area (Å²) in [6.07, 6.45) is 3.54. The van der Waals surface area contributed by atoms with E-state index in [2.05, 4.69) is 14.6 Å². The van der Waals surface area contributed by atoms with Gasteiger partial charge in [0, 0.05) is 45.1 Å². The van der Waals surface area contributed by atoms with Crippen molar-refractivity contribution in [1.29, 1.82) is 0 Å². The lowest BCUT2D eigenvalue weighted by atomic mass is 10.2. The number of nitrogens with one attached hydrogen (secondary N) is 1. The predicted octanol–water partition coefficient (Wildman–Crippen LogP) is 1.10. The summed E-state index contributed by atoms with van der Waals surface area (Å²) in [5, 5.41) is 0. The Balaban J connectivity index is 1.47. The van der Waals surface area contributed by atoms with Crippen molar-refractivity contribution in [3.05, 3.63) is 54.4 Å². The molecule has 2 aromatic rings. The molecule has 1 aliphatic heterocycles. The van der Waals surface area contributed by atoms with Gasteiger partial charge in [-0.1, -0.05) is 0 Å². The van der Waals surface area contributed by atoms with Crippen LogP contribution in [0.2, 0.25) is 0 Å². The summed E-state index contributed by atoms with van der Waals surface area (Å²) in [6.45, 7) is 5.59. The first-order chi connectivity index (χ1) is 14.0. The van der Waals surface area contributed by atoms with E-state index in [0.717, 1.165) is 19.6 Å². The largest absolute Gasteiger partial charge is 0.494 e. The van der Waals surface area contributed by atoms with Crippen LogP contribution in [0.5, 0.6) is 5.75 Å². The lowest BCUT2D eigenvalue weighted by Gasteiger charge is -2.34. The van der Waals surface area contributed by atoms with E-state index in [1.807, 2.05) is 19.1 Å². The molecule has 1 fully saturated rings. The molecule has 8 nitrogen and oxygen atoms in total. The maximum atomic E-state index is 12.4. The molecule has 1 aliphatic rings. The molecule has 0 atom stereocenters. The summed E-state index contributed by atoms with van der Waals surface area (Å²) in [5.74, 6) is 0.384. The third-order valence-corrected chi connectivity index (χ3v) is 6.16. The van der Waals surface area contributed by atoms with Crippen molar-refractivity contribution >= 4 is 15.9 Å². The molecule has 156 valence electrons. The minimum absolute atomic E-state index is 0.107. The molecular formula is C20H26N4O4S. The minimum atomic E-state index is -3.75. The van der Waals surface area contributed by atoms with Crippen LogP contribution in [0.3, 0.4) is 0 Å². The van der Waals surface area contributed by atoms with E-state index >= 15 is 0 Å². The van der Waals surface area contributed by atoms with Gasteiger partial charge in [-0.25, -0.2) is 13.1 Å². The van der Waals surface area contributed by atoms with Gasteiger partial charge in [0.2, 0.25) is 15.9 Å². The van der Waals surface area contributed by atoms with Gasteiger partial charge in [0.25, 0.3) is 0 Å². The van der Waals surface area contributed by atoms with Crippen LogP contribution in [-0.4, -0.2) is 68.4 Å².